The van der Waals surface area contributed by atoms with E-state index in [0.29, 0.717) is 44.4 Å². The highest BCUT2D eigenvalue weighted by molar-refractivity contribution is 9.10. The van der Waals surface area contributed by atoms with E-state index in [0.717, 1.165) is 34.0 Å². The van der Waals surface area contributed by atoms with Crippen molar-refractivity contribution in [3.05, 3.63) is 126 Å². The first kappa shape index (κ1) is 60.8. The van der Waals surface area contributed by atoms with Gasteiger partial charge in [0, 0.05) is 22.2 Å². The third-order valence-electron chi connectivity index (χ3n) is 14.4. The lowest BCUT2D eigenvalue weighted by molar-refractivity contribution is -0.384. The van der Waals surface area contributed by atoms with Crippen molar-refractivity contribution in [1.82, 2.24) is 0 Å². The molecule has 4 aromatic carbocycles. The second-order valence-electron chi connectivity index (χ2n) is 20.8. The molecule has 0 amide bonds. The summed E-state index contributed by atoms with van der Waals surface area (Å²) in [5.74, 6) is 3.36. The number of nitrogens with zero attached hydrogens (tertiary/aromatic N) is 2. The maximum absolute atomic E-state index is 11.9. The second kappa shape index (κ2) is 30.5. The Bertz CT molecular complexity index is 2240. The predicted octanol–water partition coefficient (Wildman–Crippen LogP) is 19.7. The summed E-state index contributed by atoms with van der Waals surface area (Å²) >= 11 is 3.29. The van der Waals surface area contributed by atoms with E-state index < -0.39 is 16.1 Å². The van der Waals surface area contributed by atoms with E-state index in [1.807, 2.05) is 42.5 Å². The number of hydrogen-bond donors (Lipinski definition) is 0. The van der Waals surface area contributed by atoms with Crippen LogP contribution in [0.1, 0.15) is 178 Å². The van der Waals surface area contributed by atoms with Gasteiger partial charge in [-0.25, -0.2) is 0 Å². The molecule has 6 nitrogen and oxygen atoms in total. The summed E-state index contributed by atoms with van der Waals surface area (Å²) < 4.78 is 0.719. The third kappa shape index (κ3) is 17.8. The molecule has 0 saturated heterocycles. The summed E-state index contributed by atoms with van der Waals surface area (Å²) in [5.41, 5.74) is 17.2. The summed E-state index contributed by atoms with van der Waals surface area (Å²) in [5, 5.41) is 23.2. The molecule has 0 atom stereocenters. The Morgan fingerprint density at radius 3 is 1.20 bits per heavy atom. The molecule has 69 heavy (non-hydrogen) atoms. The second-order valence-corrected chi connectivity index (χ2v) is 32.9. The third-order valence-corrected chi connectivity index (χ3v) is 27.4. The number of nitro benzene ring substituents is 2. The van der Waals surface area contributed by atoms with Crippen molar-refractivity contribution in [1.29, 1.82) is 0 Å². The van der Waals surface area contributed by atoms with Crippen LogP contribution in [0.25, 0.3) is 22.3 Å². The molecular formula is C60H87BrN2O4Si2. The van der Waals surface area contributed by atoms with Gasteiger partial charge < -0.3 is 0 Å². The van der Waals surface area contributed by atoms with Crippen molar-refractivity contribution in [3.8, 4) is 45.7 Å². The number of terminal acetylenes is 1. The van der Waals surface area contributed by atoms with Crippen molar-refractivity contribution in [2.24, 2.45) is 0 Å². The highest BCUT2D eigenvalue weighted by atomic mass is 79.9. The van der Waals surface area contributed by atoms with Crippen LogP contribution in [-0.2, 0) is 12.8 Å². The zero-order valence-corrected chi connectivity index (χ0v) is 48.6. The van der Waals surface area contributed by atoms with Gasteiger partial charge >= 0.3 is 0 Å². The number of aryl methyl sites for hydroxylation is 2. The molecule has 0 saturated carbocycles. The van der Waals surface area contributed by atoms with Crippen LogP contribution in [0.15, 0.2) is 89.4 Å². The normalized spacial score (nSPS) is 11.5. The van der Waals surface area contributed by atoms with Gasteiger partial charge in [-0.1, -0.05) is 219 Å². The van der Waals surface area contributed by atoms with Crippen LogP contribution in [0, 0.1) is 43.7 Å². The minimum absolute atomic E-state index is 0.130. The van der Waals surface area contributed by atoms with Gasteiger partial charge in [0.2, 0.25) is 0 Å². The quantitative estimate of drug-likeness (QED) is 0.0258. The van der Waals surface area contributed by atoms with Gasteiger partial charge in [-0.15, -0.1) is 17.5 Å². The topological polar surface area (TPSA) is 86.3 Å². The number of rotatable bonds is 22. The summed E-state index contributed by atoms with van der Waals surface area (Å²) in [7, 11) is -3.36. The fraction of sp³-hybridized carbons (Fsp3) is 0.533. The fourth-order valence-corrected chi connectivity index (χ4v) is 21.2. The predicted molar refractivity (Wildman–Crippen MR) is 307 cm³/mol. The van der Waals surface area contributed by atoms with Crippen LogP contribution in [0.2, 0.25) is 33.2 Å². The van der Waals surface area contributed by atoms with E-state index >= 15 is 0 Å². The molecule has 0 N–H and O–H groups in total. The molecule has 9 heteroatoms. The average Bonchev–Trinajstić information content (AvgIpc) is 3.29. The van der Waals surface area contributed by atoms with Crippen LogP contribution < -0.4 is 0 Å². The molecule has 0 aromatic heterocycles. The summed E-state index contributed by atoms with van der Waals surface area (Å²) in [6.45, 7) is 31.8. The SMILES string of the molecule is C#C[Si](C(C)C)(C(C)C)C(C)C.CCCCCCCc1ccc(-c2ccc(Br)cc2[N+](=O)[O-])cc1.CCCCCCCc1ccc(-c2ccc(C#C[Si](C(C)C)(C(C)C)C(C)C)cc2[N+](=O)[O-])cc1. The highest BCUT2D eigenvalue weighted by Crippen LogP contribution is 2.42. The number of hydrogen-bond acceptors (Lipinski definition) is 4. The van der Waals surface area contributed by atoms with Gasteiger partial charge in [-0.05, 0) is 105 Å². The van der Waals surface area contributed by atoms with Crippen molar-refractivity contribution in [2.75, 3.05) is 0 Å². The Labute approximate surface area is 430 Å². The maximum Gasteiger partial charge on any atom is 0.278 e. The minimum Gasteiger partial charge on any atom is -0.258 e. The van der Waals surface area contributed by atoms with E-state index in [4.69, 9.17) is 6.42 Å². The van der Waals surface area contributed by atoms with Crippen LogP contribution in [-0.4, -0.2) is 26.0 Å². The minimum atomic E-state index is -1.89. The molecule has 376 valence electrons. The van der Waals surface area contributed by atoms with E-state index in [1.54, 1.807) is 18.2 Å². The molecule has 0 radical (unpaired) electrons. The van der Waals surface area contributed by atoms with Crippen LogP contribution in [0.3, 0.4) is 0 Å². The maximum atomic E-state index is 11.9. The van der Waals surface area contributed by atoms with Gasteiger partial charge in [-0.3, -0.25) is 20.2 Å². The smallest absolute Gasteiger partial charge is 0.258 e. The zero-order chi connectivity index (χ0) is 51.9. The lowest BCUT2D eigenvalue weighted by Crippen LogP contribution is -2.43. The van der Waals surface area contributed by atoms with Crippen molar-refractivity contribution < 1.29 is 9.85 Å². The van der Waals surface area contributed by atoms with E-state index in [9.17, 15) is 20.2 Å². The summed E-state index contributed by atoms with van der Waals surface area (Å²) in [6, 6.07) is 27.0. The number of halogens is 1. The molecule has 0 fully saturated rings. The molecule has 0 aliphatic heterocycles. The molecule has 0 heterocycles. The molecular weight excluding hydrogens is 949 g/mol. The summed E-state index contributed by atoms with van der Waals surface area (Å²) in [4.78, 5) is 22.6. The van der Waals surface area contributed by atoms with Crippen molar-refractivity contribution in [2.45, 2.75) is 207 Å². The molecule has 4 aromatic rings. The van der Waals surface area contributed by atoms with Gasteiger partial charge in [0.1, 0.15) is 16.1 Å². The zero-order valence-electron chi connectivity index (χ0n) is 45.0. The first-order valence-corrected chi connectivity index (χ1v) is 31.3. The molecule has 0 spiro atoms. The average molecular weight is 1040 g/mol. The monoisotopic (exact) mass is 1030 g/mol. The standard InChI is InChI=1S/C30H43NO2Si.C19H22BrNO2.C11H22Si/c1-8-9-10-11-12-13-26-14-17-28(18-15-26)29-19-16-27(22-30(29)31(32)33)20-21-34(23(2)3,24(4)5)25(6)7;1-2-3-4-5-6-7-15-8-10-16(11-9-15)18-13-12-17(20)14-19(18)21(22)23;1-8-12(9(2)3,10(4)5)11(6)7/h14-19,22-25H,8-13H2,1-7H3;8-14H,2-7H2,1H3;1,9-11H,2-7H3. The largest absolute Gasteiger partial charge is 0.278 e. The van der Waals surface area contributed by atoms with E-state index in [1.165, 1.54) is 75.3 Å². The van der Waals surface area contributed by atoms with Crippen molar-refractivity contribution >= 4 is 43.5 Å². The van der Waals surface area contributed by atoms with Crippen LogP contribution >= 0.6 is 15.9 Å². The number of nitro groups is 2. The molecule has 0 aliphatic rings. The van der Waals surface area contributed by atoms with E-state index in [2.05, 4.69) is 154 Å². The molecule has 0 aliphatic carbocycles. The Kier molecular flexibility index (Phi) is 26.8. The summed E-state index contributed by atoms with van der Waals surface area (Å²) in [6.07, 6.45) is 20.5. The van der Waals surface area contributed by atoms with Gasteiger partial charge in [0.25, 0.3) is 11.4 Å². The van der Waals surface area contributed by atoms with E-state index in [-0.39, 0.29) is 21.2 Å². The van der Waals surface area contributed by atoms with Gasteiger partial charge in [-0.2, -0.15) is 0 Å². The first-order chi connectivity index (χ1) is 32.6. The highest BCUT2D eigenvalue weighted by Gasteiger charge is 2.42. The lowest BCUT2D eigenvalue weighted by atomic mass is 9.99. The van der Waals surface area contributed by atoms with Crippen LogP contribution in [0.5, 0.6) is 0 Å². The van der Waals surface area contributed by atoms with Gasteiger partial charge in [0.05, 0.1) is 21.0 Å². The Morgan fingerprint density at radius 1 is 0.507 bits per heavy atom. The Morgan fingerprint density at radius 2 is 0.870 bits per heavy atom. The fourth-order valence-electron chi connectivity index (χ4n) is 10.6. The van der Waals surface area contributed by atoms with Crippen LogP contribution in [0.4, 0.5) is 11.4 Å². The first-order valence-electron chi connectivity index (χ1n) is 26.1. The molecule has 4 rings (SSSR count). The number of unbranched alkanes of at least 4 members (excludes halogenated alkanes) is 8. The number of benzene rings is 4. The Balaban J connectivity index is 0.000000400. The molecule has 0 bridgehead atoms. The molecule has 0 unspecified atom stereocenters. The Hall–Kier alpha value is -4.29. The lowest BCUT2D eigenvalue weighted by Gasteiger charge is -2.38. The van der Waals surface area contributed by atoms with Gasteiger partial charge in [0.15, 0.2) is 0 Å². The van der Waals surface area contributed by atoms with Crippen molar-refractivity contribution in [3.63, 3.8) is 0 Å².